The van der Waals surface area contributed by atoms with Gasteiger partial charge in [-0.05, 0) is 18.2 Å². The summed E-state index contributed by atoms with van der Waals surface area (Å²) >= 11 is 3.22. The van der Waals surface area contributed by atoms with Crippen LogP contribution in [0.2, 0.25) is 0 Å². The van der Waals surface area contributed by atoms with Crippen molar-refractivity contribution in [2.75, 3.05) is 11.5 Å². The Morgan fingerprint density at radius 3 is 2.67 bits per heavy atom. The SMILES string of the molecule is N#Cc1c(N)nc(N)nc1-c1cc(Br)ccc1F. The van der Waals surface area contributed by atoms with Crippen LogP contribution in [0.5, 0.6) is 0 Å². The molecule has 18 heavy (non-hydrogen) atoms. The Bertz CT molecular complexity index is 665. The average Bonchev–Trinajstić information content (AvgIpc) is 2.31. The first-order valence-electron chi connectivity index (χ1n) is 4.81. The topological polar surface area (TPSA) is 102 Å². The van der Waals surface area contributed by atoms with Crippen molar-refractivity contribution < 1.29 is 4.39 Å². The number of hydrogen-bond acceptors (Lipinski definition) is 5. The fraction of sp³-hybridized carbons (Fsp3) is 0. The van der Waals surface area contributed by atoms with E-state index in [1.54, 1.807) is 6.07 Å². The second-order valence-corrected chi connectivity index (χ2v) is 4.34. The molecule has 7 heteroatoms. The monoisotopic (exact) mass is 307 g/mol. The van der Waals surface area contributed by atoms with Gasteiger partial charge in [0.1, 0.15) is 23.3 Å². The third-order valence-electron chi connectivity index (χ3n) is 2.25. The fourth-order valence-corrected chi connectivity index (χ4v) is 1.84. The van der Waals surface area contributed by atoms with E-state index in [-0.39, 0.29) is 28.6 Å². The summed E-state index contributed by atoms with van der Waals surface area (Å²) in [6.45, 7) is 0. The van der Waals surface area contributed by atoms with E-state index in [1.165, 1.54) is 12.1 Å². The van der Waals surface area contributed by atoms with Crippen molar-refractivity contribution in [2.45, 2.75) is 0 Å². The molecule has 1 aromatic heterocycles. The first kappa shape index (κ1) is 12.3. The van der Waals surface area contributed by atoms with Crippen LogP contribution in [0.15, 0.2) is 22.7 Å². The van der Waals surface area contributed by atoms with Gasteiger partial charge in [0.15, 0.2) is 0 Å². The van der Waals surface area contributed by atoms with Gasteiger partial charge in [0.05, 0.1) is 5.69 Å². The summed E-state index contributed by atoms with van der Waals surface area (Å²) in [4.78, 5) is 7.55. The maximum Gasteiger partial charge on any atom is 0.222 e. The van der Waals surface area contributed by atoms with E-state index in [9.17, 15) is 4.39 Å². The quantitative estimate of drug-likeness (QED) is 0.840. The number of anilines is 2. The highest BCUT2D eigenvalue weighted by molar-refractivity contribution is 9.10. The van der Waals surface area contributed by atoms with Crippen molar-refractivity contribution >= 4 is 27.7 Å². The summed E-state index contributed by atoms with van der Waals surface area (Å²) in [5, 5.41) is 9.03. The fourth-order valence-electron chi connectivity index (χ4n) is 1.48. The molecular weight excluding hydrogens is 301 g/mol. The van der Waals surface area contributed by atoms with E-state index in [0.29, 0.717) is 4.47 Å². The van der Waals surface area contributed by atoms with E-state index in [2.05, 4.69) is 25.9 Å². The lowest BCUT2D eigenvalue weighted by atomic mass is 10.1. The molecule has 5 nitrogen and oxygen atoms in total. The van der Waals surface area contributed by atoms with Crippen molar-refractivity contribution in [1.29, 1.82) is 5.26 Å². The first-order chi connectivity index (χ1) is 8.52. The largest absolute Gasteiger partial charge is 0.382 e. The molecule has 90 valence electrons. The van der Waals surface area contributed by atoms with E-state index in [4.69, 9.17) is 16.7 Å². The second kappa shape index (κ2) is 4.58. The first-order valence-corrected chi connectivity index (χ1v) is 5.60. The van der Waals surface area contributed by atoms with Crippen molar-refractivity contribution in [3.63, 3.8) is 0 Å². The molecule has 0 atom stereocenters. The van der Waals surface area contributed by atoms with Crippen LogP contribution in [0, 0.1) is 17.1 Å². The van der Waals surface area contributed by atoms with Crippen LogP contribution >= 0.6 is 15.9 Å². The van der Waals surface area contributed by atoms with Gasteiger partial charge in [-0.15, -0.1) is 0 Å². The minimum Gasteiger partial charge on any atom is -0.382 e. The highest BCUT2D eigenvalue weighted by atomic mass is 79.9. The zero-order valence-electron chi connectivity index (χ0n) is 8.98. The summed E-state index contributed by atoms with van der Waals surface area (Å²) in [5.74, 6) is -0.701. The molecule has 2 aromatic rings. The molecule has 0 amide bonds. The molecule has 0 saturated carbocycles. The van der Waals surface area contributed by atoms with Gasteiger partial charge in [0, 0.05) is 10.0 Å². The highest BCUT2D eigenvalue weighted by Gasteiger charge is 2.16. The number of hydrogen-bond donors (Lipinski definition) is 2. The van der Waals surface area contributed by atoms with Gasteiger partial charge < -0.3 is 11.5 Å². The van der Waals surface area contributed by atoms with E-state index in [0.717, 1.165) is 0 Å². The molecule has 0 aliphatic rings. The number of benzene rings is 1. The van der Waals surface area contributed by atoms with Gasteiger partial charge in [0.25, 0.3) is 0 Å². The zero-order chi connectivity index (χ0) is 13.3. The number of rotatable bonds is 1. The van der Waals surface area contributed by atoms with Gasteiger partial charge in [-0.2, -0.15) is 10.2 Å². The van der Waals surface area contributed by atoms with Gasteiger partial charge >= 0.3 is 0 Å². The molecule has 0 fully saturated rings. The summed E-state index contributed by atoms with van der Waals surface area (Å²) in [7, 11) is 0. The van der Waals surface area contributed by atoms with Crippen molar-refractivity contribution in [3.8, 4) is 17.3 Å². The van der Waals surface area contributed by atoms with Gasteiger partial charge in [-0.3, -0.25) is 0 Å². The molecule has 4 N–H and O–H groups in total. The molecule has 1 aromatic carbocycles. The zero-order valence-corrected chi connectivity index (χ0v) is 10.6. The summed E-state index contributed by atoms with van der Waals surface area (Å²) in [5.41, 5.74) is 11.3. The molecule has 2 rings (SSSR count). The van der Waals surface area contributed by atoms with Crippen LogP contribution in [-0.4, -0.2) is 9.97 Å². The van der Waals surface area contributed by atoms with E-state index in [1.807, 2.05) is 6.07 Å². The number of halogens is 2. The highest BCUT2D eigenvalue weighted by Crippen LogP contribution is 2.29. The van der Waals surface area contributed by atoms with Crippen LogP contribution in [0.4, 0.5) is 16.2 Å². The van der Waals surface area contributed by atoms with Crippen LogP contribution < -0.4 is 11.5 Å². The number of aromatic nitrogens is 2. The van der Waals surface area contributed by atoms with Crippen LogP contribution in [-0.2, 0) is 0 Å². The summed E-state index contributed by atoms with van der Waals surface area (Å²) < 4.78 is 14.4. The summed E-state index contributed by atoms with van der Waals surface area (Å²) in [6.07, 6.45) is 0. The van der Waals surface area contributed by atoms with Gasteiger partial charge in [-0.1, -0.05) is 15.9 Å². The molecule has 0 aliphatic carbocycles. The van der Waals surface area contributed by atoms with Gasteiger partial charge in [-0.25, -0.2) is 9.37 Å². The minimum absolute atomic E-state index is 0.00111. The number of nitrogens with two attached hydrogens (primary N) is 2. The second-order valence-electron chi connectivity index (χ2n) is 3.43. The summed E-state index contributed by atoms with van der Waals surface area (Å²) in [6, 6.07) is 6.15. The van der Waals surface area contributed by atoms with Crippen LogP contribution in [0.25, 0.3) is 11.3 Å². The van der Waals surface area contributed by atoms with E-state index < -0.39 is 5.82 Å². The van der Waals surface area contributed by atoms with E-state index >= 15 is 0 Å². The average molecular weight is 308 g/mol. The van der Waals surface area contributed by atoms with Crippen LogP contribution in [0.1, 0.15) is 5.56 Å². The third kappa shape index (κ3) is 2.10. The normalized spacial score (nSPS) is 10.1. The van der Waals surface area contributed by atoms with Crippen molar-refractivity contribution in [3.05, 3.63) is 34.1 Å². The number of nitrogens with zero attached hydrogens (tertiary/aromatic N) is 3. The predicted octanol–water partition coefficient (Wildman–Crippen LogP) is 2.08. The molecule has 0 spiro atoms. The smallest absolute Gasteiger partial charge is 0.222 e. The van der Waals surface area contributed by atoms with Gasteiger partial charge in [0.2, 0.25) is 5.95 Å². The molecule has 0 radical (unpaired) electrons. The Morgan fingerprint density at radius 1 is 1.28 bits per heavy atom. The maximum atomic E-state index is 13.8. The maximum absolute atomic E-state index is 13.8. The van der Waals surface area contributed by atoms with Crippen molar-refractivity contribution in [1.82, 2.24) is 9.97 Å². The lowest BCUT2D eigenvalue weighted by molar-refractivity contribution is 0.630. The Balaban J connectivity index is 2.78. The number of nitriles is 1. The third-order valence-corrected chi connectivity index (χ3v) is 2.74. The standard InChI is InChI=1S/C11H7BrFN5/c12-5-1-2-8(13)6(3-5)9-7(4-14)10(15)18-11(16)17-9/h1-3H,(H4,15,16,17,18). The minimum atomic E-state index is -0.521. The Morgan fingerprint density at radius 2 is 2.00 bits per heavy atom. The Hall–Kier alpha value is -2.20. The molecule has 1 heterocycles. The Labute approximate surface area is 110 Å². The van der Waals surface area contributed by atoms with Crippen LogP contribution in [0.3, 0.4) is 0 Å². The van der Waals surface area contributed by atoms with Crippen molar-refractivity contribution in [2.24, 2.45) is 0 Å². The Kier molecular flexibility index (Phi) is 3.12. The molecule has 0 bridgehead atoms. The molecule has 0 saturated heterocycles. The molecule has 0 unspecified atom stereocenters. The lowest BCUT2D eigenvalue weighted by Gasteiger charge is -2.07. The molecular formula is C11H7BrFN5. The number of nitrogen functional groups attached to an aromatic ring is 2. The lowest BCUT2D eigenvalue weighted by Crippen LogP contribution is -2.05. The predicted molar refractivity (Wildman–Crippen MR) is 68.7 cm³/mol. The molecule has 0 aliphatic heterocycles.